The minimum atomic E-state index is -3.21. The van der Waals surface area contributed by atoms with Crippen LogP contribution in [0.5, 0.6) is 17.6 Å². The molecular formula is C65H58F12N20O7. The number of halogens is 12. The molecule has 4 aliphatic rings. The summed E-state index contributed by atoms with van der Waals surface area (Å²) in [6.07, 6.45) is 1.79. The van der Waals surface area contributed by atoms with Crippen LogP contribution in [-0.2, 0) is 55.0 Å². The summed E-state index contributed by atoms with van der Waals surface area (Å²) in [6.45, 7) is 7.22. The zero-order valence-corrected chi connectivity index (χ0v) is 54.7. The number of aromatic nitrogens is 12. The Morgan fingerprint density at radius 1 is 0.529 bits per heavy atom. The first-order valence-electron chi connectivity index (χ1n) is 30.7. The zero-order valence-electron chi connectivity index (χ0n) is 54.7. The summed E-state index contributed by atoms with van der Waals surface area (Å²) in [5, 5.41) is 24.0. The fraction of sp³-hybridized carbons (Fsp3) is 0.262. The lowest BCUT2D eigenvalue weighted by molar-refractivity contribution is -0.147. The fourth-order valence-electron chi connectivity index (χ4n) is 11.3. The Morgan fingerprint density at radius 2 is 0.846 bits per heavy atom. The van der Waals surface area contributed by atoms with E-state index in [1.807, 2.05) is 0 Å². The van der Waals surface area contributed by atoms with Crippen LogP contribution in [0, 0.1) is 34.9 Å². The van der Waals surface area contributed by atoms with Gasteiger partial charge in [-0.15, -0.1) is 0 Å². The van der Waals surface area contributed by atoms with Crippen molar-refractivity contribution in [3.63, 3.8) is 0 Å². The van der Waals surface area contributed by atoms with Crippen molar-refractivity contribution in [1.29, 1.82) is 0 Å². The van der Waals surface area contributed by atoms with Crippen LogP contribution in [0.4, 0.5) is 87.6 Å². The fourth-order valence-corrected chi connectivity index (χ4v) is 11.3. The van der Waals surface area contributed by atoms with Crippen molar-refractivity contribution in [2.75, 3.05) is 39.8 Å². The van der Waals surface area contributed by atoms with Crippen molar-refractivity contribution in [2.24, 2.45) is 5.73 Å². The monoisotopic (exact) mass is 1460 g/mol. The predicted molar refractivity (Wildman–Crippen MR) is 347 cm³/mol. The Balaban J connectivity index is 0.000000156. The molecule has 2 amide bonds. The number of hydrogen-bond acceptors (Lipinski definition) is 22. The number of primary amides is 1. The van der Waals surface area contributed by atoms with Crippen LogP contribution in [0.1, 0.15) is 73.9 Å². The van der Waals surface area contributed by atoms with Gasteiger partial charge in [-0.25, -0.2) is 70.3 Å². The van der Waals surface area contributed by atoms with Crippen molar-refractivity contribution in [3.05, 3.63) is 178 Å². The van der Waals surface area contributed by atoms with E-state index in [9.17, 15) is 67.1 Å². The molecule has 27 nitrogen and oxygen atoms in total. The second-order valence-corrected chi connectivity index (χ2v) is 23.8. The molecule has 0 saturated heterocycles. The van der Waals surface area contributed by atoms with Crippen LogP contribution in [0.2, 0.25) is 0 Å². The largest absolute Gasteiger partial charge is 0.465 e. The number of nitrogens with two attached hydrogens (primary N) is 4. The van der Waals surface area contributed by atoms with Crippen molar-refractivity contribution in [3.8, 4) is 52.2 Å². The molecule has 9 aromatic rings. The van der Waals surface area contributed by atoms with Crippen molar-refractivity contribution in [2.45, 2.75) is 102 Å². The van der Waals surface area contributed by atoms with Gasteiger partial charge in [-0.1, -0.05) is 56.1 Å². The maximum atomic E-state index is 14.2. The van der Waals surface area contributed by atoms with E-state index < -0.39 is 120 Å². The van der Waals surface area contributed by atoms with E-state index in [1.54, 1.807) is 20.8 Å². The SMILES string of the molecule is C=C1Nc2nc(-c3cc(OC(F)F)n(Cc4cccc(F)c4F)n3)nc(N)c2C1(C)C(=O)NC1CC1.C=C1Nc2nc(-c3cc(OC(F)F)n(Cc4cccc(F)c4F)n3)nc(N)c2C1(C)C(=O)OCC.C=C1Nc2nc(-c3cc(OC(F)F)n(Cc4cccc(F)c4F)n3)nc(N)c2C1(C)C(N)=O. The molecule has 6 aromatic heterocycles. The molecule has 3 aromatic carbocycles. The van der Waals surface area contributed by atoms with Crippen LogP contribution in [0.3, 0.4) is 0 Å². The molecule has 544 valence electrons. The summed E-state index contributed by atoms with van der Waals surface area (Å²) < 4.78 is 182. The van der Waals surface area contributed by atoms with Crippen molar-refractivity contribution < 1.29 is 86.0 Å². The highest BCUT2D eigenvalue weighted by molar-refractivity contribution is 5.99. The van der Waals surface area contributed by atoms with E-state index >= 15 is 0 Å². The quantitative estimate of drug-likeness (QED) is 0.0260. The zero-order chi connectivity index (χ0) is 75.3. The molecule has 1 fully saturated rings. The molecule has 39 heteroatoms. The summed E-state index contributed by atoms with van der Waals surface area (Å²) in [6, 6.07) is 13.9. The first-order valence-corrected chi connectivity index (χ1v) is 30.7. The topological polar surface area (TPSA) is 371 Å². The Kier molecular flexibility index (Phi) is 19.7. The number of nitrogens with zero attached hydrogens (tertiary/aromatic N) is 12. The average Bonchev–Trinajstić information content (AvgIpc) is 1.59. The smallest absolute Gasteiger partial charge is 0.388 e. The molecule has 0 radical (unpaired) electrons. The van der Waals surface area contributed by atoms with Crippen LogP contribution in [0.15, 0.2) is 110 Å². The van der Waals surface area contributed by atoms with Gasteiger partial charge >= 0.3 is 25.8 Å². The summed E-state index contributed by atoms with van der Waals surface area (Å²) in [5.41, 5.74) is 21.1. The van der Waals surface area contributed by atoms with Gasteiger partial charge in [-0.05, 0) is 58.7 Å². The van der Waals surface area contributed by atoms with Crippen LogP contribution < -0.4 is 58.4 Å². The third kappa shape index (κ3) is 13.8. The number of hydrogen-bond donors (Lipinski definition) is 8. The highest BCUT2D eigenvalue weighted by Crippen LogP contribution is 2.49. The number of carbonyl (C=O) groups is 3. The standard InChI is InChI=1S/C23H21F4N7O2.C22H20F4N6O3.C20H17F4N7O2/c1-10-23(2,21(35)30-12-6-7-12)16-18(28)31-19(32-20(16)29-10)14-8-15(36-22(26)27)34(33-14)9-11-4-3-5-13(24)17(11)25;1-4-34-20(33)22(3)10(2)28-19-15(22)17(27)29-18(30-19)13-8-14(35-21(25)26)32(31-13)9-11-6-5-7-12(23)16(11)24;1-8-20(2,18(26)32)13-15(25)28-16(29-17(13)27-8)11-6-12(33-19(23)24)31(30-11)7-9-4-3-5-10(21)14(9)22/h3-5,8,12,22H,1,6-7,9H2,2H3,(H,30,35)(H3,28,29,31,32);5-8,21H,2,4,9H2,1,3H3,(H3,27,28,29,30);3-6,19H,1,7H2,2H3,(H2,26,32)(H3,25,27,28,29). The molecule has 104 heavy (non-hydrogen) atoms. The number of ether oxygens (including phenoxy) is 4. The van der Waals surface area contributed by atoms with E-state index in [4.69, 9.17) is 27.7 Å². The van der Waals surface area contributed by atoms with Gasteiger partial charge in [0.2, 0.25) is 29.5 Å². The maximum Gasteiger partial charge on any atom is 0.388 e. The lowest BCUT2D eigenvalue weighted by Gasteiger charge is -2.24. The molecule has 3 unspecified atom stereocenters. The molecule has 12 N–H and O–H groups in total. The van der Waals surface area contributed by atoms with E-state index in [0.29, 0.717) is 11.3 Å². The van der Waals surface area contributed by atoms with Gasteiger partial charge in [-0.2, -0.15) is 41.6 Å². The van der Waals surface area contributed by atoms with Crippen LogP contribution in [-0.4, -0.2) is 110 Å². The molecular weight excluding hydrogens is 1400 g/mol. The van der Waals surface area contributed by atoms with Gasteiger partial charge in [0.05, 0.1) is 42.9 Å². The number of anilines is 6. The van der Waals surface area contributed by atoms with Gasteiger partial charge in [0.1, 0.15) is 68.2 Å². The highest BCUT2D eigenvalue weighted by atomic mass is 19.3. The number of esters is 1. The van der Waals surface area contributed by atoms with E-state index in [0.717, 1.165) is 63.3 Å². The van der Waals surface area contributed by atoms with Crippen LogP contribution >= 0.6 is 0 Å². The first-order chi connectivity index (χ1) is 49.1. The van der Waals surface area contributed by atoms with Gasteiger partial charge < -0.3 is 63.1 Å². The summed E-state index contributed by atoms with van der Waals surface area (Å²) >= 11 is 0. The Hall–Kier alpha value is -12.5. The molecule has 1 saturated carbocycles. The Bertz CT molecular complexity index is 4970. The lowest BCUT2D eigenvalue weighted by atomic mass is 9.81. The van der Waals surface area contributed by atoms with Gasteiger partial charge in [0.25, 0.3) is 0 Å². The van der Waals surface area contributed by atoms with Gasteiger partial charge in [0.15, 0.2) is 52.4 Å². The number of fused-ring (bicyclic) bond motifs is 3. The summed E-state index contributed by atoms with van der Waals surface area (Å²) in [5.74, 6) is -9.59. The molecule has 1 aliphatic carbocycles. The minimum absolute atomic E-state index is 0.0135. The van der Waals surface area contributed by atoms with Crippen molar-refractivity contribution in [1.82, 2.24) is 64.6 Å². The number of amides is 2. The number of rotatable bonds is 20. The second-order valence-electron chi connectivity index (χ2n) is 23.8. The molecule has 0 bridgehead atoms. The van der Waals surface area contributed by atoms with Crippen LogP contribution in [0.25, 0.3) is 34.6 Å². The normalized spacial score (nSPS) is 17.6. The Labute approximate surface area is 579 Å². The number of nitrogen functional groups attached to an aromatic ring is 3. The molecule has 9 heterocycles. The second kappa shape index (κ2) is 28.2. The molecule has 3 atom stereocenters. The number of benzene rings is 3. The molecule has 0 spiro atoms. The van der Waals surface area contributed by atoms with Gasteiger partial charge in [-0.3, -0.25) is 14.4 Å². The maximum absolute atomic E-state index is 14.2. The summed E-state index contributed by atoms with van der Waals surface area (Å²) in [7, 11) is 0. The highest BCUT2D eigenvalue weighted by Gasteiger charge is 2.51. The van der Waals surface area contributed by atoms with Gasteiger partial charge in [0, 0.05) is 58.0 Å². The summed E-state index contributed by atoms with van der Waals surface area (Å²) in [4.78, 5) is 63.2. The number of carbonyl (C=O) groups excluding carboxylic acids is 3. The molecule has 3 aliphatic heterocycles. The first kappa shape index (κ1) is 72.8. The van der Waals surface area contributed by atoms with Crippen molar-refractivity contribution >= 4 is 52.7 Å². The third-order valence-corrected chi connectivity index (χ3v) is 17.1. The lowest BCUT2D eigenvalue weighted by Crippen LogP contribution is -2.43. The molecule has 13 rings (SSSR count). The van der Waals surface area contributed by atoms with E-state index in [1.165, 1.54) is 43.3 Å². The number of alkyl halides is 6. The minimum Gasteiger partial charge on any atom is -0.465 e. The number of nitrogens with one attached hydrogen (secondary N) is 4. The van der Waals surface area contributed by atoms with E-state index in [-0.39, 0.29) is 127 Å². The third-order valence-electron chi connectivity index (χ3n) is 17.1. The predicted octanol–water partition coefficient (Wildman–Crippen LogP) is 9.47. The Morgan fingerprint density at radius 3 is 1.16 bits per heavy atom. The van der Waals surface area contributed by atoms with E-state index in [2.05, 4.69) is 100 Å². The average molecular weight is 1460 g/mol.